The van der Waals surface area contributed by atoms with Gasteiger partial charge >= 0.3 is 0 Å². The van der Waals surface area contributed by atoms with Crippen LogP contribution in [-0.2, 0) is 16.4 Å². The van der Waals surface area contributed by atoms with E-state index in [1.807, 2.05) is 24.3 Å². The number of rotatable bonds is 10. The Bertz CT molecular complexity index is 1040. The van der Waals surface area contributed by atoms with Crippen molar-refractivity contribution in [3.63, 3.8) is 0 Å². The molecule has 2 aromatic rings. The quantitative estimate of drug-likeness (QED) is 0.452. The molecule has 1 aromatic heterocycles. The van der Waals surface area contributed by atoms with Gasteiger partial charge in [0.1, 0.15) is 11.5 Å². The number of carbonyl (C=O) groups is 1. The molecule has 0 bridgehead atoms. The Labute approximate surface area is 203 Å². The highest BCUT2D eigenvalue weighted by atomic mass is 32.2. The first-order chi connectivity index (χ1) is 16.4. The van der Waals surface area contributed by atoms with Crippen LogP contribution in [0.5, 0.6) is 5.75 Å². The van der Waals surface area contributed by atoms with Gasteiger partial charge in [0.15, 0.2) is 15.7 Å². The zero-order valence-electron chi connectivity index (χ0n) is 20.1. The Morgan fingerprint density at radius 2 is 1.85 bits per heavy atom. The molecule has 2 aliphatic rings. The lowest BCUT2D eigenvalue weighted by Gasteiger charge is -2.28. The van der Waals surface area contributed by atoms with Crippen molar-refractivity contribution in [1.82, 2.24) is 4.90 Å². The molecule has 1 atom stereocenters. The van der Waals surface area contributed by atoms with Crippen LogP contribution in [0.2, 0.25) is 0 Å². The minimum atomic E-state index is -3.13. The van der Waals surface area contributed by atoms with Crippen molar-refractivity contribution >= 4 is 21.6 Å². The maximum Gasteiger partial charge on any atom is 0.254 e. The zero-order valence-corrected chi connectivity index (χ0v) is 20.9. The van der Waals surface area contributed by atoms with Crippen LogP contribution in [0, 0.1) is 0 Å². The predicted molar refractivity (Wildman–Crippen MR) is 133 cm³/mol. The van der Waals surface area contributed by atoms with E-state index in [9.17, 15) is 13.2 Å². The van der Waals surface area contributed by atoms with Crippen molar-refractivity contribution in [2.24, 2.45) is 0 Å². The number of hydrogen-bond donors (Lipinski definition) is 0. The minimum Gasteiger partial charge on any atom is -0.494 e. The fourth-order valence-electron chi connectivity index (χ4n) is 4.69. The average molecular weight is 489 g/mol. The highest BCUT2D eigenvalue weighted by Crippen LogP contribution is 2.27. The van der Waals surface area contributed by atoms with Crippen molar-refractivity contribution in [2.45, 2.75) is 64.5 Å². The maximum atomic E-state index is 13.5. The number of carbonyl (C=O) groups excluding carboxylic acids is 1. The summed E-state index contributed by atoms with van der Waals surface area (Å²) < 4.78 is 36.2. The number of unbranched alkanes of at least 4 members (excludes halogenated alkanes) is 2. The second kappa shape index (κ2) is 11.3. The molecule has 7 nitrogen and oxygen atoms in total. The van der Waals surface area contributed by atoms with Crippen LogP contribution in [0.25, 0.3) is 0 Å². The SMILES string of the molecule is CCCCCOc1ccc(C(=O)N(Cc2ccc(N3CCCCC3)o2)C2CCS(=O)(=O)C2)cc1. The van der Waals surface area contributed by atoms with Crippen molar-refractivity contribution in [2.75, 3.05) is 36.1 Å². The molecule has 1 amide bonds. The van der Waals surface area contributed by atoms with Gasteiger partial charge in [-0.05, 0) is 62.4 Å². The van der Waals surface area contributed by atoms with Gasteiger partial charge in [-0.15, -0.1) is 0 Å². The summed E-state index contributed by atoms with van der Waals surface area (Å²) in [6.07, 6.45) is 7.26. The summed E-state index contributed by atoms with van der Waals surface area (Å²) in [6, 6.07) is 10.6. The number of anilines is 1. The Hall–Kier alpha value is -2.48. The number of amides is 1. The van der Waals surface area contributed by atoms with Gasteiger partial charge in [-0.2, -0.15) is 0 Å². The molecule has 0 N–H and O–H groups in total. The molecule has 4 rings (SSSR count). The van der Waals surface area contributed by atoms with Crippen LogP contribution in [-0.4, -0.2) is 56.5 Å². The van der Waals surface area contributed by atoms with Crippen LogP contribution in [0.3, 0.4) is 0 Å². The number of benzene rings is 1. The van der Waals surface area contributed by atoms with E-state index in [1.165, 1.54) is 6.42 Å². The third kappa shape index (κ3) is 6.34. The van der Waals surface area contributed by atoms with Gasteiger partial charge in [0.25, 0.3) is 5.91 Å². The molecule has 34 heavy (non-hydrogen) atoms. The molecule has 0 spiro atoms. The molecule has 2 aliphatic heterocycles. The van der Waals surface area contributed by atoms with E-state index in [4.69, 9.17) is 9.15 Å². The molecular weight excluding hydrogens is 452 g/mol. The first kappa shape index (κ1) is 24.6. The van der Waals surface area contributed by atoms with E-state index in [1.54, 1.807) is 17.0 Å². The standard InChI is InChI=1S/C26H36N2O5S/c1-2-3-7-17-32-23-10-8-21(9-11-23)26(29)28(22-14-18-34(30,31)20-22)19-24-12-13-25(33-24)27-15-5-4-6-16-27/h8-13,22H,2-7,14-20H2,1H3. The van der Waals surface area contributed by atoms with Crippen molar-refractivity contribution in [3.05, 3.63) is 47.7 Å². The fraction of sp³-hybridized carbons (Fsp3) is 0.577. The van der Waals surface area contributed by atoms with Crippen molar-refractivity contribution in [1.29, 1.82) is 0 Å². The average Bonchev–Trinajstić information content (AvgIpc) is 3.47. The van der Waals surface area contributed by atoms with Gasteiger partial charge < -0.3 is 19.0 Å². The lowest BCUT2D eigenvalue weighted by atomic mass is 10.1. The highest BCUT2D eigenvalue weighted by Gasteiger charge is 2.35. The van der Waals surface area contributed by atoms with Gasteiger partial charge in [-0.1, -0.05) is 19.8 Å². The smallest absolute Gasteiger partial charge is 0.254 e. The Morgan fingerprint density at radius 3 is 2.53 bits per heavy atom. The lowest BCUT2D eigenvalue weighted by Crippen LogP contribution is -2.40. The summed E-state index contributed by atoms with van der Waals surface area (Å²) in [5.74, 6) is 2.16. The van der Waals surface area contributed by atoms with E-state index in [0.717, 1.165) is 56.8 Å². The van der Waals surface area contributed by atoms with Crippen LogP contribution in [0.15, 0.2) is 40.8 Å². The molecule has 0 aliphatic carbocycles. The fourth-order valence-corrected chi connectivity index (χ4v) is 6.42. The first-order valence-electron chi connectivity index (χ1n) is 12.5. The van der Waals surface area contributed by atoms with Gasteiger partial charge in [-0.25, -0.2) is 8.42 Å². The van der Waals surface area contributed by atoms with Gasteiger partial charge in [0, 0.05) is 30.8 Å². The van der Waals surface area contributed by atoms with Crippen molar-refractivity contribution in [3.8, 4) is 5.75 Å². The zero-order chi connectivity index (χ0) is 24.0. The summed E-state index contributed by atoms with van der Waals surface area (Å²) in [5.41, 5.74) is 0.521. The molecule has 1 aromatic carbocycles. The predicted octanol–water partition coefficient (Wildman–Crippen LogP) is 4.67. The summed E-state index contributed by atoms with van der Waals surface area (Å²) in [4.78, 5) is 17.4. The second-order valence-electron chi connectivity index (χ2n) is 9.36. The molecule has 3 heterocycles. The van der Waals surface area contributed by atoms with Gasteiger partial charge in [-0.3, -0.25) is 4.79 Å². The van der Waals surface area contributed by atoms with E-state index >= 15 is 0 Å². The summed E-state index contributed by atoms with van der Waals surface area (Å²) >= 11 is 0. The van der Waals surface area contributed by atoms with Crippen LogP contribution >= 0.6 is 0 Å². The Balaban J connectivity index is 1.47. The molecule has 0 radical (unpaired) electrons. The first-order valence-corrected chi connectivity index (χ1v) is 14.4. The Kier molecular flexibility index (Phi) is 8.19. The number of hydrogen-bond acceptors (Lipinski definition) is 6. The van der Waals surface area contributed by atoms with Crippen LogP contribution < -0.4 is 9.64 Å². The summed E-state index contributed by atoms with van der Waals surface area (Å²) in [7, 11) is -3.13. The van der Waals surface area contributed by atoms with E-state index < -0.39 is 9.84 Å². The lowest BCUT2D eigenvalue weighted by molar-refractivity contribution is 0.0666. The minimum absolute atomic E-state index is 0.00292. The summed E-state index contributed by atoms with van der Waals surface area (Å²) in [5, 5.41) is 0. The monoisotopic (exact) mass is 488 g/mol. The summed E-state index contributed by atoms with van der Waals surface area (Å²) in [6.45, 7) is 5.01. The largest absolute Gasteiger partial charge is 0.494 e. The number of sulfone groups is 1. The molecule has 186 valence electrons. The van der Waals surface area contributed by atoms with Crippen LogP contribution in [0.4, 0.5) is 5.88 Å². The molecule has 0 saturated carbocycles. The van der Waals surface area contributed by atoms with Gasteiger partial charge in [0.05, 0.1) is 24.7 Å². The molecule has 2 fully saturated rings. The van der Waals surface area contributed by atoms with Gasteiger partial charge in [0.2, 0.25) is 0 Å². The molecular formula is C26H36N2O5S. The number of piperidine rings is 1. The van der Waals surface area contributed by atoms with E-state index in [0.29, 0.717) is 24.4 Å². The Morgan fingerprint density at radius 1 is 1.09 bits per heavy atom. The van der Waals surface area contributed by atoms with E-state index in [-0.39, 0.29) is 30.0 Å². The topological polar surface area (TPSA) is 80.1 Å². The third-order valence-corrected chi connectivity index (χ3v) is 8.42. The van der Waals surface area contributed by atoms with Crippen molar-refractivity contribution < 1.29 is 22.4 Å². The number of ether oxygens (including phenoxy) is 1. The molecule has 8 heteroatoms. The molecule has 1 unspecified atom stereocenters. The number of furan rings is 1. The maximum absolute atomic E-state index is 13.5. The molecule has 2 saturated heterocycles. The second-order valence-corrected chi connectivity index (χ2v) is 11.6. The normalized spacial score (nSPS) is 19.8. The number of nitrogens with zero attached hydrogens (tertiary/aromatic N) is 2. The highest BCUT2D eigenvalue weighted by molar-refractivity contribution is 7.91. The van der Waals surface area contributed by atoms with Crippen LogP contribution in [0.1, 0.15) is 68.0 Å². The van der Waals surface area contributed by atoms with E-state index in [2.05, 4.69) is 11.8 Å². The third-order valence-electron chi connectivity index (χ3n) is 6.67.